The zero-order chi connectivity index (χ0) is 21.5. The van der Waals surface area contributed by atoms with Crippen LogP contribution in [0.5, 0.6) is 0 Å². The zero-order valence-electron chi connectivity index (χ0n) is 18.8. The van der Waals surface area contributed by atoms with Gasteiger partial charge in [-0.2, -0.15) is 0 Å². The van der Waals surface area contributed by atoms with Gasteiger partial charge in [0, 0.05) is 39.1 Å². The number of aryl methyl sites for hydroxylation is 2. The average Bonchev–Trinajstić information content (AvgIpc) is 2.87. The molecule has 0 atom stereocenters. The summed E-state index contributed by atoms with van der Waals surface area (Å²) in [6.07, 6.45) is 5.25. The van der Waals surface area contributed by atoms with Gasteiger partial charge in [0.25, 0.3) is 11.5 Å². The van der Waals surface area contributed by atoms with Crippen molar-refractivity contribution in [3.8, 4) is 0 Å². The van der Waals surface area contributed by atoms with Crippen molar-refractivity contribution in [2.24, 2.45) is 5.41 Å². The van der Waals surface area contributed by atoms with Crippen LogP contribution in [-0.2, 0) is 13.0 Å². The van der Waals surface area contributed by atoms with E-state index in [9.17, 15) is 9.59 Å². The van der Waals surface area contributed by atoms with E-state index in [1.54, 1.807) is 0 Å². The highest BCUT2D eigenvalue weighted by Crippen LogP contribution is 2.30. The molecule has 0 bridgehead atoms. The molecule has 0 aromatic carbocycles. The van der Waals surface area contributed by atoms with Crippen molar-refractivity contribution in [1.29, 1.82) is 0 Å². The van der Waals surface area contributed by atoms with Crippen molar-refractivity contribution in [1.82, 2.24) is 19.4 Å². The Morgan fingerprint density at radius 2 is 1.80 bits per heavy atom. The number of carbonyl (C=O) groups excluding carboxylic acids is 1. The SMILES string of the molecule is Cc1c(C(=O)N2CCN(CCC(C)(C)C)CC2)sc2nc3n(c(=O)c12)CCCCC3. The van der Waals surface area contributed by atoms with Gasteiger partial charge >= 0.3 is 0 Å². The van der Waals surface area contributed by atoms with Crippen molar-refractivity contribution >= 4 is 27.5 Å². The Hall–Kier alpha value is -1.73. The van der Waals surface area contributed by atoms with Crippen molar-refractivity contribution in [3.63, 3.8) is 0 Å². The summed E-state index contributed by atoms with van der Waals surface area (Å²) in [4.78, 5) is 37.1. The van der Waals surface area contributed by atoms with E-state index < -0.39 is 0 Å². The van der Waals surface area contributed by atoms with Crippen LogP contribution >= 0.6 is 11.3 Å². The predicted octanol–water partition coefficient (Wildman–Crippen LogP) is 3.69. The van der Waals surface area contributed by atoms with Gasteiger partial charge in [-0.05, 0) is 43.7 Å². The zero-order valence-corrected chi connectivity index (χ0v) is 19.6. The summed E-state index contributed by atoms with van der Waals surface area (Å²) in [5, 5.41) is 0.651. The van der Waals surface area contributed by atoms with Crippen LogP contribution in [0.3, 0.4) is 0 Å². The molecule has 30 heavy (non-hydrogen) atoms. The van der Waals surface area contributed by atoms with Crippen LogP contribution in [0, 0.1) is 12.3 Å². The Balaban J connectivity index is 1.53. The number of nitrogens with zero attached hydrogens (tertiary/aromatic N) is 4. The summed E-state index contributed by atoms with van der Waals surface area (Å²) >= 11 is 1.40. The molecule has 2 aromatic rings. The molecule has 0 spiro atoms. The lowest BCUT2D eigenvalue weighted by atomic mass is 9.92. The first-order chi connectivity index (χ1) is 14.2. The molecule has 1 fully saturated rings. The second kappa shape index (κ2) is 8.42. The quantitative estimate of drug-likeness (QED) is 0.745. The third-order valence-corrected chi connectivity index (χ3v) is 7.62. The number of piperazine rings is 1. The number of rotatable bonds is 3. The summed E-state index contributed by atoms with van der Waals surface area (Å²) in [5.41, 5.74) is 1.18. The maximum absolute atomic E-state index is 13.3. The number of thiophene rings is 1. The Labute approximate surface area is 182 Å². The molecule has 0 radical (unpaired) electrons. The molecule has 7 heteroatoms. The number of hydrogen-bond acceptors (Lipinski definition) is 5. The van der Waals surface area contributed by atoms with Gasteiger partial charge in [-0.1, -0.05) is 27.2 Å². The molecule has 1 amide bonds. The van der Waals surface area contributed by atoms with E-state index >= 15 is 0 Å². The summed E-state index contributed by atoms with van der Waals surface area (Å²) < 4.78 is 1.84. The first-order valence-electron chi connectivity index (χ1n) is 11.3. The number of carbonyl (C=O) groups is 1. The highest BCUT2D eigenvalue weighted by molar-refractivity contribution is 7.20. The Morgan fingerprint density at radius 3 is 2.50 bits per heavy atom. The monoisotopic (exact) mass is 430 g/mol. The van der Waals surface area contributed by atoms with E-state index in [-0.39, 0.29) is 11.5 Å². The van der Waals surface area contributed by atoms with E-state index in [2.05, 4.69) is 25.7 Å². The smallest absolute Gasteiger partial charge is 0.264 e. The second-order valence-corrected chi connectivity index (χ2v) is 11.0. The van der Waals surface area contributed by atoms with Crippen LogP contribution in [0.25, 0.3) is 10.2 Å². The van der Waals surface area contributed by atoms with Crippen molar-refractivity contribution in [2.75, 3.05) is 32.7 Å². The maximum Gasteiger partial charge on any atom is 0.264 e. The number of amides is 1. The van der Waals surface area contributed by atoms with Crippen LogP contribution in [0.1, 0.15) is 67.5 Å². The Morgan fingerprint density at radius 1 is 1.07 bits per heavy atom. The summed E-state index contributed by atoms with van der Waals surface area (Å²) in [7, 11) is 0. The molecular weight excluding hydrogens is 396 g/mol. The first-order valence-corrected chi connectivity index (χ1v) is 12.1. The summed E-state index contributed by atoms with van der Waals surface area (Å²) in [6, 6.07) is 0. The molecule has 6 nitrogen and oxygen atoms in total. The topological polar surface area (TPSA) is 58.4 Å². The average molecular weight is 431 g/mol. The van der Waals surface area contributed by atoms with Gasteiger partial charge in [0.1, 0.15) is 10.7 Å². The fourth-order valence-corrected chi connectivity index (χ4v) is 5.58. The molecule has 4 rings (SSSR count). The van der Waals surface area contributed by atoms with E-state index in [0.29, 0.717) is 15.7 Å². The molecule has 164 valence electrons. The van der Waals surface area contributed by atoms with E-state index in [0.717, 1.165) is 87.6 Å². The molecule has 0 saturated carbocycles. The van der Waals surface area contributed by atoms with Gasteiger partial charge in [-0.3, -0.25) is 19.1 Å². The number of fused-ring (bicyclic) bond motifs is 2. The van der Waals surface area contributed by atoms with Gasteiger partial charge in [0.2, 0.25) is 0 Å². The molecule has 0 unspecified atom stereocenters. The predicted molar refractivity (Wildman–Crippen MR) is 123 cm³/mol. The van der Waals surface area contributed by atoms with E-state index in [1.807, 2.05) is 16.4 Å². The van der Waals surface area contributed by atoms with Gasteiger partial charge in [0.15, 0.2) is 0 Å². The summed E-state index contributed by atoms with van der Waals surface area (Å²) in [5.74, 6) is 0.947. The van der Waals surface area contributed by atoms with Crippen LogP contribution in [-0.4, -0.2) is 58.0 Å². The molecular formula is C23H34N4O2S. The highest BCUT2D eigenvalue weighted by Gasteiger charge is 2.28. The lowest BCUT2D eigenvalue weighted by molar-refractivity contribution is 0.0627. The Bertz CT molecular complexity index is 993. The van der Waals surface area contributed by atoms with E-state index in [4.69, 9.17) is 4.98 Å². The van der Waals surface area contributed by atoms with Crippen LogP contribution in [0.15, 0.2) is 4.79 Å². The minimum atomic E-state index is 0.0386. The molecule has 4 heterocycles. The maximum atomic E-state index is 13.3. The van der Waals surface area contributed by atoms with Crippen LogP contribution in [0.4, 0.5) is 0 Å². The normalized spacial score (nSPS) is 18.5. The molecule has 0 aliphatic carbocycles. The Kier molecular flexibility index (Phi) is 6.04. The van der Waals surface area contributed by atoms with Crippen LogP contribution in [0.2, 0.25) is 0 Å². The molecule has 2 aliphatic heterocycles. The van der Waals surface area contributed by atoms with Crippen LogP contribution < -0.4 is 5.56 Å². The minimum absolute atomic E-state index is 0.0386. The molecule has 1 saturated heterocycles. The fraction of sp³-hybridized carbons (Fsp3) is 0.696. The standard InChI is InChI=1S/C23H34N4O2S/c1-16-18-20(24-17-8-6-5-7-10-27(17)21(18)28)30-19(16)22(29)26-14-12-25(13-15-26)11-9-23(2,3)4/h5-15H2,1-4H3. The molecule has 2 aliphatic rings. The van der Waals surface area contributed by atoms with Gasteiger partial charge in [0.05, 0.1) is 10.3 Å². The van der Waals surface area contributed by atoms with Gasteiger partial charge in [-0.25, -0.2) is 4.98 Å². The second-order valence-electron chi connectivity index (χ2n) is 9.98. The van der Waals surface area contributed by atoms with Gasteiger partial charge in [-0.15, -0.1) is 11.3 Å². The van der Waals surface area contributed by atoms with Crippen molar-refractivity contribution in [2.45, 2.75) is 66.3 Å². The molecule has 0 N–H and O–H groups in total. The van der Waals surface area contributed by atoms with Crippen molar-refractivity contribution in [3.05, 3.63) is 26.6 Å². The highest BCUT2D eigenvalue weighted by atomic mass is 32.1. The molecule has 2 aromatic heterocycles. The lowest BCUT2D eigenvalue weighted by Gasteiger charge is -2.35. The summed E-state index contributed by atoms with van der Waals surface area (Å²) in [6.45, 7) is 13.9. The number of aromatic nitrogens is 2. The third kappa shape index (κ3) is 4.33. The first kappa shape index (κ1) is 21.5. The lowest BCUT2D eigenvalue weighted by Crippen LogP contribution is -2.49. The minimum Gasteiger partial charge on any atom is -0.335 e. The van der Waals surface area contributed by atoms with Gasteiger partial charge < -0.3 is 4.90 Å². The third-order valence-electron chi connectivity index (χ3n) is 6.44. The largest absolute Gasteiger partial charge is 0.335 e. The van der Waals surface area contributed by atoms with E-state index in [1.165, 1.54) is 11.3 Å². The van der Waals surface area contributed by atoms with Crippen molar-refractivity contribution < 1.29 is 4.79 Å². The fourth-order valence-electron chi connectivity index (χ4n) is 4.43. The number of hydrogen-bond donors (Lipinski definition) is 0.